The molecule has 4 rings (SSSR count). The smallest absolute Gasteiger partial charge is 0.410 e. The average molecular weight is 371 g/mol. The normalized spacial score (nSPS) is 19.4. The van der Waals surface area contributed by atoms with Crippen LogP contribution < -0.4 is 15.8 Å². The molecule has 4 heterocycles. The van der Waals surface area contributed by atoms with Crippen LogP contribution >= 0.6 is 0 Å². The molecule has 9 nitrogen and oxygen atoms in total. The van der Waals surface area contributed by atoms with E-state index in [1.54, 1.807) is 33.0 Å². The highest BCUT2D eigenvalue weighted by atomic mass is 16.6. The lowest BCUT2D eigenvalue weighted by Gasteiger charge is -2.44. The zero-order valence-electron chi connectivity index (χ0n) is 15.4. The van der Waals surface area contributed by atoms with Gasteiger partial charge in [-0.25, -0.2) is 9.78 Å². The lowest BCUT2D eigenvalue weighted by atomic mass is 10.0. The lowest BCUT2D eigenvalue weighted by molar-refractivity contribution is -0.118. The largest absolute Gasteiger partial charge is 0.444 e. The van der Waals surface area contributed by atoms with Crippen molar-refractivity contribution in [1.82, 2.24) is 14.9 Å². The molecule has 9 heteroatoms. The number of nitrogens with one attached hydrogen (secondary N) is 2. The predicted octanol–water partition coefficient (Wildman–Crippen LogP) is 1.30. The van der Waals surface area contributed by atoms with Crippen LogP contribution in [0.1, 0.15) is 20.8 Å². The zero-order valence-corrected chi connectivity index (χ0v) is 15.4. The summed E-state index contributed by atoms with van der Waals surface area (Å²) in [6.45, 7) is 6.40. The van der Waals surface area contributed by atoms with E-state index in [-0.39, 0.29) is 18.1 Å². The van der Waals surface area contributed by atoms with Gasteiger partial charge in [0.25, 0.3) is 5.56 Å². The summed E-state index contributed by atoms with van der Waals surface area (Å²) in [5.41, 5.74) is 0.339. The molecule has 2 N–H and O–H groups in total. The van der Waals surface area contributed by atoms with E-state index in [1.165, 1.54) is 4.90 Å². The fourth-order valence-electron chi connectivity index (χ4n) is 3.50. The van der Waals surface area contributed by atoms with E-state index in [4.69, 9.17) is 4.74 Å². The number of hydrogen-bond acceptors (Lipinski definition) is 6. The Morgan fingerprint density at radius 1 is 1.30 bits per heavy atom. The van der Waals surface area contributed by atoms with Crippen LogP contribution in [-0.2, 0) is 9.53 Å². The maximum atomic E-state index is 12.6. The van der Waals surface area contributed by atoms with Crippen LogP contribution in [0.2, 0.25) is 0 Å². The van der Waals surface area contributed by atoms with Crippen LogP contribution in [-0.4, -0.2) is 58.1 Å². The number of piperazine rings is 1. The first-order valence-corrected chi connectivity index (χ1v) is 8.81. The van der Waals surface area contributed by atoms with E-state index in [9.17, 15) is 14.4 Å². The summed E-state index contributed by atoms with van der Waals surface area (Å²) in [5.74, 6) is -0.315. The number of fused-ring (bicyclic) bond motifs is 5. The number of rotatable bonds is 0. The van der Waals surface area contributed by atoms with Gasteiger partial charge in [-0.3, -0.25) is 9.59 Å². The molecular weight excluding hydrogens is 350 g/mol. The molecule has 1 fully saturated rings. The minimum atomic E-state index is -0.606. The quantitative estimate of drug-likeness (QED) is 0.723. The summed E-state index contributed by atoms with van der Waals surface area (Å²) in [4.78, 5) is 47.8. The molecule has 0 saturated carbocycles. The van der Waals surface area contributed by atoms with E-state index >= 15 is 0 Å². The van der Waals surface area contributed by atoms with Gasteiger partial charge < -0.3 is 24.8 Å². The molecule has 0 spiro atoms. The number of amides is 2. The van der Waals surface area contributed by atoms with E-state index in [0.717, 1.165) is 5.39 Å². The van der Waals surface area contributed by atoms with Crippen LogP contribution in [0, 0.1) is 0 Å². The number of nitrogens with zero attached hydrogens (tertiary/aromatic N) is 3. The summed E-state index contributed by atoms with van der Waals surface area (Å²) in [6, 6.07) is 3.04. The number of hydrogen-bond donors (Lipinski definition) is 2. The van der Waals surface area contributed by atoms with E-state index in [2.05, 4.69) is 15.3 Å². The number of carbonyl (C=O) groups excluding carboxylic acids is 2. The lowest BCUT2D eigenvalue weighted by Crippen LogP contribution is -2.62. The Morgan fingerprint density at radius 3 is 2.81 bits per heavy atom. The number of anilines is 2. The Hall–Kier alpha value is -3.10. The first-order chi connectivity index (χ1) is 12.7. The van der Waals surface area contributed by atoms with Crippen molar-refractivity contribution in [2.75, 3.05) is 29.9 Å². The van der Waals surface area contributed by atoms with Crippen molar-refractivity contribution >= 4 is 34.4 Å². The van der Waals surface area contributed by atoms with E-state index in [0.29, 0.717) is 24.4 Å². The molecule has 2 amide bonds. The third-order valence-electron chi connectivity index (χ3n) is 4.63. The van der Waals surface area contributed by atoms with Crippen molar-refractivity contribution in [2.24, 2.45) is 0 Å². The molecular formula is C18H21N5O4. The molecule has 0 unspecified atom stereocenters. The molecule has 1 atom stereocenters. The van der Waals surface area contributed by atoms with Gasteiger partial charge in [0.05, 0.1) is 12.2 Å². The van der Waals surface area contributed by atoms with Crippen molar-refractivity contribution in [3.8, 4) is 0 Å². The van der Waals surface area contributed by atoms with Crippen molar-refractivity contribution in [3.05, 3.63) is 28.7 Å². The maximum absolute atomic E-state index is 12.6. The van der Waals surface area contributed by atoms with Gasteiger partial charge in [0.15, 0.2) is 0 Å². The molecule has 142 valence electrons. The second kappa shape index (κ2) is 5.97. The third-order valence-corrected chi connectivity index (χ3v) is 4.63. The Bertz CT molecular complexity index is 993. The van der Waals surface area contributed by atoms with E-state index < -0.39 is 23.3 Å². The highest BCUT2D eigenvalue weighted by Gasteiger charge is 2.41. The standard InChI is InChI=1S/C18H21N5O4/c1-18(2,3)27-17(26)22-7-8-23-11(9-22)15(24)20-12-13(23)10-5-4-6-19-14(10)21-16(12)25/h4-6,11H,7-9H2,1-3H3,(H,20,24)(H,19,21,25)/t11-/m0/s1. The molecule has 1 saturated heterocycles. The van der Waals surface area contributed by atoms with Gasteiger partial charge in [0.2, 0.25) is 5.91 Å². The van der Waals surface area contributed by atoms with Gasteiger partial charge >= 0.3 is 6.09 Å². The highest BCUT2D eigenvalue weighted by molar-refractivity contribution is 6.09. The Balaban J connectivity index is 1.71. The summed E-state index contributed by atoms with van der Waals surface area (Å²) in [5, 5.41) is 3.45. The Labute approximate surface area is 155 Å². The second-order valence-corrected chi connectivity index (χ2v) is 7.70. The Kier molecular flexibility index (Phi) is 3.83. The zero-order chi connectivity index (χ0) is 19.3. The van der Waals surface area contributed by atoms with Gasteiger partial charge in [-0.15, -0.1) is 0 Å². The number of carbonyl (C=O) groups is 2. The number of pyridine rings is 2. The average Bonchev–Trinajstić information content (AvgIpc) is 2.60. The van der Waals surface area contributed by atoms with Crippen molar-refractivity contribution in [2.45, 2.75) is 32.4 Å². The molecule has 0 aliphatic carbocycles. The molecule has 0 aromatic carbocycles. The first-order valence-electron chi connectivity index (χ1n) is 8.81. The maximum Gasteiger partial charge on any atom is 0.410 e. The van der Waals surface area contributed by atoms with Gasteiger partial charge in [-0.2, -0.15) is 0 Å². The number of aromatic amines is 1. The van der Waals surface area contributed by atoms with Crippen molar-refractivity contribution in [3.63, 3.8) is 0 Å². The van der Waals surface area contributed by atoms with Gasteiger partial charge in [-0.1, -0.05) is 0 Å². The topological polar surface area (TPSA) is 108 Å². The number of aromatic nitrogens is 2. The first kappa shape index (κ1) is 17.3. The highest BCUT2D eigenvalue weighted by Crippen LogP contribution is 2.36. The summed E-state index contributed by atoms with van der Waals surface area (Å²) >= 11 is 0. The molecule has 2 aromatic rings. The summed E-state index contributed by atoms with van der Waals surface area (Å²) in [7, 11) is 0. The molecule has 2 aliphatic heterocycles. The van der Waals surface area contributed by atoms with Gasteiger partial charge in [0.1, 0.15) is 23.0 Å². The Morgan fingerprint density at radius 2 is 2.07 bits per heavy atom. The van der Waals surface area contributed by atoms with Crippen molar-refractivity contribution in [1.29, 1.82) is 0 Å². The van der Waals surface area contributed by atoms with Gasteiger partial charge in [-0.05, 0) is 32.9 Å². The van der Waals surface area contributed by atoms with Crippen LogP contribution in [0.15, 0.2) is 23.1 Å². The second-order valence-electron chi connectivity index (χ2n) is 7.70. The molecule has 0 radical (unpaired) electrons. The number of ether oxygens (including phenoxy) is 1. The monoisotopic (exact) mass is 371 g/mol. The van der Waals surface area contributed by atoms with Crippen molar-refractivity contribution < 1.29 is 14.3 Å². The summed E-state index contributed by atoms with van der Waals surface area (Å²) < 4.78 is 5.42. The number of H-pyrrole nitrogens is 1. The van der Waals surface area contributed by atoms with Crippen LogP contribution in [0.5, 0.6) is 0 Å². The molecule has 0 bridgehead atoms. The molecule has 2 aromatic heterocycles. The SMILES string of the molecule is CC(C)(C)OC(=O)N1CCN2c3c(c(=O)[nH]c4ncccc34)NC(=O)[C@@H]2C1. The molecule has 27 heavy (non-hydrogen) atoms. The predicted molar refractivity (Wildman–Crippen MR) is 99.9 cm³/mol. The van der Waals surface area contributed by atoms with Gasteiger partial charge in [0, 0.05) is 24.7 Å². The third kappa shape index (κ3) is 2.98. The van der Waals surface area contributed by atoms with E-state index in [1.807, 2.05) is 11.0 Å². The molecule has 2 aliphatic rings. The fraction of sp³-hybridized carbons (Fsp3) is 0.444. The van der Waals surface area contributed by atoms with Crippen LogP contribution in [0.4, 0.5) is 16.2 Å². The van der Waals surface area contributed by atoms with Crippen LogP contribution in [0.3, 0.4) is 0 Å². The van der Waals surface area contributed by atoms with Crippen LogP contribution in [0.25, 0.3) is 11.0 Å². The fourth-order valence-corrected chi connectivity index (χ4v) is 3.50. The summed E-state index contributed by atoms with van der Waals surface area (Å²) in [6.07, 6.45) is 1.16. The minimum absolute atomic E-state index is 0.189. The minimum Gasteiger partial charge on any atom is -0.444 e.